The van der Waals surface area contributed by atoms with Gasteiger partial charge in [-0.2, -0.15) is 11.3 Å². The zero-order valence-electron chi connectivity index (χ0n) is 11.5. The Morgan fingerprint density at radius 2 is 2.00 bits per heavy atom. The van der Waals surface area contributed by atoms with Gasteiger partial charge in [0.1, 0.15) is 6.04 Å². The van der Waals surface area contributed by atoms with Crippen molar-refractivity contribution in [2.24, 2.45) is 0 Å². The van der Waals surface area contributed by atoms with Gasteiger partial charge >= 0.3 is 0 Å². The molecule has 0 radical (unpaired) electrons. The second-order valence-electron chi connectivity index (χ2n) is 5.05. The Morgan fingerprint density at radius 3 is 2.71 bits per heavy atom. The van der Waals surface area contributed by atoms with Crippen LogP contribution in [-0.2, 0) is 16.1 Å². The van der Waals surface area contributed by atoms with Crippen LogP contribution in [0.25, 0.3) is 0 Å². The van der Waals surface area contributed by atoms with Crippen LogP contribution in [-0.4, -0.2) is 23.3 Å². The van der Waals surface area contributed by atoms with Gasteiger partial charge in [-0.3, -0.25) is 9.59 Å². The highest BCUT2D eigenvalue weighted by molar-refractivity contribution is 7.07. The smallest absolute Gasteiger partial charge is 0.250 e. The predicted molar refractivity (Wildman–Crippen MR) is 81.7 cm³/mol. The number of hydrogen-bond acceptors (Lipinski definition) is 3. The summed E-state index contributed by atoms with van der Waals surface area (Å²) in [7, 11) is 0. The molecular formula is C16H16N2O2S. The largest absolute Gasteiger partial charge is 0.340 e. The first kappa shape index (κ1) is 13.8. The monoisotopic (exact) mass is 300 g/mol. The van der Waals surface area contributed by atoms with Crippen molar-refractivity contribution in [2.45, 2.75) is 19.0 Å². The molecule has 0 aliphatic carbocycles. The normalized spacial score (nSPS) is 19.2. The fraction of sp³-hybridized carbons (Fsp3) is 0.250. The molecule has 1 aromatic heterocycles. The van der Waals surface area contributed by atoms with Crippen molar-refractivity contribution in [3.8, 4) is 0 Å². The third kappa shape index (κ3) is 3.13. The number of thiophene rings is 1. The van der Waals surface area contributed by atoms with E-state index in [1.807, 2.05) is 47.2 Å². The first-order valence-corrected chi connectivity index (χ1v) is 7.82. The average molecular weight is 300 g/mol. The Labute approximate surface area is 127 Å². The van der Waals surface area contributed by atoms with Crippen LogP contribution in [0, 0.1) is 0 Å². The van der Waals surface area contributed by atoms with Crippen LogP contribution in [0.1, 0.15) is 23.6 Å². The maximum Gasteiger partial charge on any atom is 0.250 e. The molecule has 1 aliphatic rings. The van der Waals surface area contributed by atoms with Crippen LogP contribution < -0.4 is 5.32 Å². The van der Waals surface area contributed by atoms with E-state index in [1.165, 1.54) is 0 Å². The lowest BCUT2D eigenvalue weighted by Crippen LogP contribution is -2.38. The minimum absolute atomic E-state index is 0.0433. The van der Waals surface area contributed by atoms with E-state index in [-0.39, 0.29) is 11.8 Å². The van der Waals surface area contributed by atoms with Crippen molar-refractivity contribution in [3.05, 3.63) is 58.3 Å². The summed E-state index contributed by atoms with van der Waals surface area (Å²) < 4.78 is 0. The number of amides is 2. The molecule has 108 valence electrons. The fourth-order valence-electron chi connectivity index (χ4n) is 2.46. The number of carbonyl (C=O) groups is 2. The quantitative estimate of drug-likeness (QED) is 0.946. The molecule has 2 amide bonds. The lowest BCUT2D eigenvalue weighted by atomic mass is 10.1. The van der Waals surface area contributed by atoms with E-state index in [1.54, 1.807) is 16.2 Å². The topological polar surface area (TPSA) is 49.4 Å². The highest BCUT2D eigenvalue weighted by Crippen LogP contribution is 2.21. The van der Waals surface area contributed by atoms with Gasteiger partial charge in [-0.25, -0.2) is 0 Å². The van der Waals surface area contributed by atoms with E-state index in [4.69, 9.17) is 0 Å². The zero-order chi connectivity index (χ0) is 14.7. The summed E-state index contributed by atoms with van der Waals surface area (Å²) in [6.07, 6.45) is 0.346. The van der Waals surface area contributed by atoms with E-state index < -0.39 is 6.04 Å². The zero-order valence-corrected chi connectivity index (χ0v) is 12.3. The molecule has 1 atom stereocenters. The van der Waals surface area contributed by atoms with Gasteiger partial charge in [0.05, 0.1) is 0 Å². The van der Waals surface area contributed by atoms with Gasteiger partial charge in [-0.15, -0.1) is 0 Å². The summed E-state index contributed by atoms with van der Waals surface area (Å²) in [6.45, 7) is 1.02. The third-order valence-electron chi connectivity index (χ3n) is 3.56. The molecule has 4 nitrogen and oxygen atoms in total. The average Bonchev–Trinajstić information content (AvgIpc) is 2.97. The van der Waals surface area contributed by atoms with Crippen molar-refractivity contribution in [1.82, 2.24) is 10.2 Å². The van der Waals surface area contributed by atoms with Crippen molar-refractivity contribution in [3.63, 3.8) is 0 Å². The standard InChI is InChI=1S/C16H16N2O2S/c19-14-6-8-18(10-12-7-9-21-11-12)16(20)15(17-14)13-4-2-1-3-5-13/h1-5,7,9,11,15H,6,8,10H2,(H,17,19). The first-order valence-electron chi connectivity index (χ1n) is 6.88. The van der Waals surface area contributed by atoms with Crippen molar-refractivity contribution in [2.75, 3.05) is 6.54 Å². The lowest BCUT2D eigenvalue weighted by Gasteiger charge is -2.24. The number of rotatable bonds is 3. The SMILES string of the molecule is O=C1CCN(Cc2ccsc2)C(=O)C(c2ccccc2)N1. The molecule has 2 aromatic rings. The predicted octanol–water partition coefficient (Wildman–Crippen LogP) is 2.34. The lowest BCUT2D eigenvalue weighted by molar-refractivity contribution is -0.134. The summed E-state index contributed by atoms with van der Waals surface area (Å²) in [5.74, 6) is -0.122. The van der Waals surface area contributed by atoms with Crippen LogP contribution in [0.3, 0.4) is 0 Å². The van der Waals surface area contributed by atoms with Gasteiger partial charge in [0, 0.05) is 19.5 Å². The van der Waals surface area contributed by atoms with Gasteiger partial charge < -0.3 is 10.2 Å². The molecule has 0 saturated carbocycles. The van der Waals surface area contributed by atoms with Gasteiger partial charge in [-0.1, -0.05) is 30.3 Å². The van der Waals surface area contributed by atoms with E-state index >= 15 is 0 Å². The highest BCUT2D eigenvalue weighted by atomic mass is 32.1. The summed E-state index contributed by atoms with van der Waals surface area (Å²) in [4.78, 5) is 26.4. The van der Waals surface area contributed by atoms with Crippen LogP contribution in [0.2, 0.25) is 0 Å². The van der Waals surface area contributed by atoms with Gasteiger partial charge in [-0.05, 0) is 28.0 Å². The van der Waals surface area contributed by atoms with Crippen LogP contribution >= 0.6 is 11.3 Å². The number of nitrogens with one attached hydrogen (secondary N) is 1. The van der Waals surface area contributed by atoms with Crippen molar-refractivity contribution < 1.29 is 9.59 Å². The summed E-state index contributed by atoms with van der Waals surface area (Å²) in [5, 5.41) is 6.86. The minimum atomic E-state index is -0.583. The number of carbonyl (C=O) groups excluding carboxylic acids is 2. The Morgan fingerprint density at radius 1 is 1.19 bits per heavy atom. The van der Waals surface area contributed by atoms with Crippen LogP contribution in [0.15, 0.2) is 47.2 Å². The molecule has 1 fully saturated rings. The van der Waals surface area contributed by atoms with E-state index in [0.717, 1.165) is 11.1 Å². The Bertz CT molecular complexity index is 625. The second kappa shape index (κ2) is 6.10. The van der Waals surface area contributed by atoms with Gasteiger partial charge in [0.15, 0.2) is 0 Å². The van der Waals surface area contributed by atoms with Crippen molar-refractivity contribution >= 4 is 23.2 Å². The Kier molecular flexibility index (Phi) is 4.01. The Balaban J connectivity index is 1.85. The van der Waals surface area contributed by atoms with Crippen LogP contribution in [0.5, 0.6) is 0 Å². The molecule has 1 unspecified atom stereocenters. The molecule has 21 heavy (non-hydrogen) atoms. The van der Waals surface area contributed by atoms with E-state index in [9.17, 15) is 9.59 Å². The molecule has 3 rings (SSSR count). The molecule has 2 heterocycles. The van der Waals surface area contributed by atoms with Crippen LogP contribution in [0.4, 0.5) is 0 Å². The first-order chi connectivity index (χ1) is 10.2. The molecule has 1 saturated heterocycles. The summed E-state index contributed by atoms with van der Waals surface area (Å²) >= 11 is 1.61. The molecule has 5 heteroatoms. The second-order valence-corrected chi connectivity index (χ2v) is 5.83. The molecule has 1 aliphatic heterocycles. The maximum absolute atomic E-state index is 12.7. The van der Waals surface area contributed by atoms with Gasteiger partial charge in [0.25, 0.3) is 0 Å². The summed E-state index contributed by atoms with van der Waals surface area (Å²) in [5.41, 5.74) is 1.93. The fourth-order valence-corrected chi connectivity index (χ4v) is 3.12. The molecule has 1 N–H and O–H groups in total. The molecular weight excluding hydrogens is 284 g/mol. The molecule has 0 bridgehead atoms. The van der Waals surface area contributed by atoms with Crippen molar-refractivity contribution in [1.29, 1.82) is 0 Å². The Hall–Kier alpha value is -2.14. The highest BCUT2D eigenvalue weighted by Gasteiger charge is 2.30. The van der Waals surface area contributed by atoms with E-state index in [2.05, 4.69) is 5.32 Å². The number of nitrogens with zero attached hydrogens (tertiary/aromatic N) is 1. The summed E-state index contributed by atoms with van der Waals surface area (Å²) in [6, 6.07) is 10.8. The van der Waals surface area contributed by atoms with Gasteiger partial charge in [0.2, 0.25) is 11.8 Å². The molecule has 0 spiro atoms. The number of hydrogen-bond donors (Lipinski definition) is 1. The third-order valence-corrected chi connectivity index (χ3v) is 4.29. The number of benzene rings is 1. The molecule has 1 aromatic carbocycles. The maximum atomic E-state index is 12.7. The van der Waals surface area contributed by atoms with E-state index in [0.29, 0.717) is 19.5 Å². The minimum Gasteiger partial charge on any atom is -0.340 e.